The number of nitrogens with zero attached hydrogens (tertiary/aromatic N) is 1. The second kappa shape index (κ2) is 5.57. The highest BCUT2D eigenvalue weighted by Crippen LogP contribution is 2.42. The van der Waals surface area contributed by atoms with Gasteiger partial charge in [-0.15, -0.1) is 0 Å². The second-order valence-electron chi connectivity index (χ2n) is 5.45. The van der Waals surface area contributed by atoms with Gasteiger partial charge in [-0.05, 0) is 34.4 Å². The summed E-state index contributed by atoms with van der Waals surface area (Å²) in [4.78, 5) is 16.3. The summed E-state index contributed by atoms with van der Waals surface area (Å²) in [6.45, 7) is 0. The lowest BCUT2D eigenvalue weighted by atomic mass is 10.1. The predicted molar refractivity (Wildman–Crippen MR) is 90.1 cm³/mol. The van der Waals surface area contributed by atoms with Crippen LogP contribution in [0.2, 0.25) is 0 Å². The fourth-order valence-corrected chi connectivity index (χ4v) is 3.05. The van der Waals surface area contributed by atoms with E-state index in [1.54, 1.807) is 18.5 Å². The molecule has 2 aromatic carbocycles. The Morgan fingerprint density at radius 3 is 2.13 bits per heavy atom. The Balaban J connectivity index is 1.63. The Hall–Kier alpha value is -3.14. The van der Waals surface area contributed by atoms with E-state index in [2.05, 4.69) is 39.9 Å². The van der Waals surface area contributed by atoms with E-state index < -0.39 is 0 Å². The molecule has 3 aromatic rings. The summed E-state index contributed by atoms with van der Waals surface area (Å²) in [6, 6.07) is 19.6. The van der Waals surface area contributed by atoms with Crippen molar-refractivity contribution in [1.82, 2.24) is 10.3 Å². The first-order valence-corrected chi connectivity index (χ1v) is 7.49. The van der Waals surface area contributed by atoms with Crippen LogP contribution in [0, 0.1) is 0 Å². The van der Waals surface area contributed by atoms with Crippen LogP contribution in [0.1, 0.15) is 17.2 Å². The number of hydrogen-bond donors (Lipinski definition) is 2. The van der Waals surface area contributed by atoms with E-state index in [0.717, 1.165) is 11.1 Å². The van der Waals surface area contributed by atoms with Gasteiger partial charge >= 0.3 is 6.03 Å². The fourth-order valence-electron chi connectivity index (χ4n) is 3.05. The summed E-state index contributed by atoms with van der Waals surface area (Å²) >= 11 is 0. The minimum absolute atomic E-state index is 0.140. The first-order valence-electron chi connectivity index (χ1n) is 7.49. The molecule has 4 nitrogen and oxygen atoms in total. The quantitative estimate of drug-likeness (QED) is 0.752. The van der Waals surface area contributed by atoms with Gasteiger partial charge in [0.15, 0.2) is 0 Å². The molecule has 0 atom stereocenters. The molecule has 0 bridgehead atoms. The van der Waals surface area contributed by atoms with Crippen molar-refractivity contribution in [1.29, 1.82) is 0 Å². The average molecular weight is 301 g/mol. The molecule has 1 heterocycles. The van der Waals surface area contributed by atoms with E-state index in [1.165, 1.54) is 11.1 Å². The van der Waals surface area contributed by atoms with Crippen LogP contribution in [0.25, 0.3) is 11.1 Å². The molecule has 0 saturated heterocycles. The Kier molecular flexibility index (Phi) is 3.27. The Morgan fingerprint density at radius 1 is 0.870 bits per heavy atom. The molecule has 0 saturated carbocycles. The molecular weight excluding hydrogens is 286 g/mol. The predicted octanol–water partition coefficient (Wildman–Crippen LogP) is 3.97. The van der Waals surface area contributed by atoms with Gasteiger partial charge in [0.2, 0.25) is 0 Å². The summed E-state index contributed by atoms with van der Waals surface area (Å²) in [6.07, 6.45) is 3.29. The number of fused-ring (bicyclic) bond motifs is 3. The third-order valence-electron chi connectivity index (χ3n) is 4.03. The van der Waals surface area contributed by atoms with E-state index in [1.807, 2.05) is 30.3 Å². The molecule has 4 heteroatoms. The minimum Gasteiger partial charge on any atom is -0.327 e. The summed E-state index contributed by atoms with van der Waals surface area (Å²) < 4.78 is 0. The second-order valence-corrected chi connectivity index (χ2v) is 5.45. The van der Waals surface area contributed by atoms with Crippen molar-refractivity contribution in [3.8, 4) is 11.1 Å². The SMILES string of the molecule is O=C(Nc1cccnc1)NC1c2ccccc2-c2ccccc21. The van der Waals surface area contributed by atoms with E-state index in [0.29, 0.717) is 5.69 Å². The Bertz CT molecular complexity index is 816. The maximum Gasteiger partial charge on any atom is 0.320 e. The minimum atomic E-state index is -0.241. The third-order valence-corrected chi connectivity index (χ3v) is 4.03. The molecule has 2 amide bonds. The van der Waals surface area contributed by atoms with Crippen molar-refractivity contribution in [2.24, 2.45) is 0 Å². The van der Waals surface area contributed by atoms with E-state index >= 15 is 0 Å². The van der Waals surface area contributed by atoms with Crippen LogP contribution < -0.4 is 10.6 Å². The third kappa shape index (κ3) is 2.44. The standard InChI is InChI=1S/C19H15N3O/c23-19(21-13-6-5-11-20-12-13)22-18-16-9-3-1-7-14(16)15-8-2-4-10-17(15)18/h1-12,18H,(H2,21,22,23). The van der Waals surface area contributed by atoms with Gasteiger partial charge < -0.3 is 10.6 Å². The molecule has 112 valence electrons. The smallest absolute Gasteiger partial charge is 0.320 e. The van der Waals surface area contributed by atoms with Crippen molar-refractivity contribution >= 4 is 11.7 Å². The lowest BCUT2D eigenvalue weighted by Gasteiger charge is -2.16. The zero-order chi connectivity index (χ0) is 15.6. The van der Waals surface area contributed by atoms with Gasteiger partial charge in [0.25, 0.3) is 0 Å². The molecular formula is C19H15N3O. The lowest BCUT2D eigenvalue weighted by molar-refractivity contribution is 0.250. The zero-order valence-corrected chi connectivity index (χ0v) is 12.4. The van der Waals surface area contributed by atoms with Crippen LogP contribution in [-0.4, -0.2) is 11.0 Å². The highest BCUT2D eigenvalue weighted by atomic mass is 16.2. The Morgan fingerprint density at radius 2 is 1.52 bits per heavy atom. The van der Waals surface area contributed by atoms with E-state index in [4.69, 9.17) is 0 Å². The number of carbonyl (C=O) groups excluding carboxylic acids is 1. The van der Waals surface area contributed by atoms with Crippen LogP contribution in [0.3, 0.4) is 0 Å². The monoisotopic (exact) mass is 301 g/mol. The molecule has 1 aliphatic rings. The molecule has 0 spiro atoms. The molecule has 1 aromatic heterocycles. The molecule has 23 heavy (non-hydrogen) atoms. The van der Waals surface area contributed by atoms with Crippen LogP contribution in [0.4, 0.5) is 10.5 Å². The normalized spacial score (nSPS) is 12.3. The maximum atomic E-state index is 12.3. The van der Waals surface area contributed by atoms with E-state index in [-0.39, 0.29) is 12.1 Å². The summed E-state index contributed by atoms with van der Waals surface area (Å²) in [7, 11) is 0. The largest absolute Gasteiger partial charge is 0.327 e. The van der Waals surface area contributed by atoms with Crippen LogP contribution in [0.5, 0.6) is 0 Å². The number of anilines is 1. The molecule has 0 unspecified atom stereocenters. The molecule has 0 fully saturated rings. The highest BCUT2D eigenvalue weighted by Gasteiger charge is 2.29. The number of amides is 2. The molecule has 1 aliphatic carbocycles. The van der Waals surface area contributed by atoms with Gasteiger partial charge in [-0.3, -0.25) is 4.98 Å². The first-order chi connectivity index (χ1) is 11.3. The Labute approximate surface area is 134 Å². The van der Waals surface area contributed by atoms with Crippen LogP contribution in [0.15, 0.2) is 73.1 Å². The number of pyridine rings is 1. The number of hydrogen-bond acceptors (Lipinski definition) is 2. The summed E-state index contributed by atoms with van der Waals surface area (Å²) in [5, 5.41) is 5.88. The molecule has 0 radical (unpaired) electrons. The highest BCUT2D eigenvalue weighted by molar-refractivity contribution is 5.91. The summed E-state index contributed by atoms with van der Waals surface area (Å²) in [5.41, 5.74) is 5.26. The van der Waals surface area contributed by atoms with Gasteiger partial charge in [-0.2, -0.15) is 0 Å². The van der Waals surface area contributed by atoms with Crippen molar-refractivity contribution in [3.63, 3.8) is 0 Å². The van der Waals surface area contributed by atoms with Crippen LogP contribution in [-0.2, 0) is 0 Å². The summed E-state index contributed by atoms with van der Waals surface area (Å²) in [5.74, 6) is 0. The van der Waals surface area contributed by atoms with Crippen molar-refractivity contribution in [3.05, 3.63) is 84.2 Å². The van der Waals surface area contributed by atoms with Crippen molar-refractivity contribution in [2.45, 2.75) is 6.04 Å². The van der Waals surface area contributed by atoms with Gasteiger partial charge in [-0.1, -0.05) is 48.5 Å². The average Bonchev–Trinajstić information content (AvgIpc) is 2.90. The number of urea groups is 1. The lowest BCUT2D eigenvalue weighted by Crippen LogP contribution is -2.32. The number of nitrogens with one attached hydrogen (secondary N) is 2. The van der Waals surface area contributed by atoms with E-state index in [9.17, 15) is 4.79 Å². The van der Waals surface area contributed by atoms with Gasteiger partial charge in [0.1, 0.15) is 0 Å². The van der Waals surface area contributed by atoms with Gasteiger partial charge in [-0.25, -0.2) is 4.79 Å². The van der Waals surface area contributed by atoms with Crippen molar-refractivity contribution in [2.75, 3.05) is 5.32 Å². The number of benzene rings is 2. The van der Waals surface area contributed by atoms with Gasteiger partial charge in [0.05, 0.1) is 17.9 Å². The molecule has 4 rings (SSSR count). The number of aromatic nitrogens is 1. The maximum absolute atomic E-state index is 12.3. The molecule has 0 aliphatic heterocycles. The van der Waals surface area contributed by atoms with Gasteiger partial charge in [0, 0.05) is 6.20 Å². The molecule has 2 N–H and O–H groups in total. The topological polar surface area (TPSA) is 54.0 Å². The zero-order valence-electron chi connectivity index (χ0n) is 12.4. The van der Waals surface area contributed by atoms with Crippen LogP contribution >= 0.6 is 0 Å². The number of rotatable bonds is 2. The fraction of sp³-hybridized carbons (Fsp3) is 0.0526. The first kappa shape index (κ1) is 13.5. The number of carbonyl (C=O) groups is 1. The van der Waals surface area contributed by atoms with Crippen molar-refractivity contribution < 1.29 is 4.79 Å².